The molecule has 136 valence electrons. The quantitative estimate of drug-likeness (QED) is 0.418. The third-order valence-corrected chi connectivity index (χ3v) is 5.52. The van der Waals surface area contributed by atoms with E-state index in [1.54, 1.807) is 31.4 Å². The van der Waals surface area contributed by atoms with Crippen molar-refractivity contribution >= 4 is 39.0 Å². The third-order valence-electron chi connectivity index (χ3n) is 4.31. The second kappa shape index (κ2) is 6.85. The highest BCUT2D eigenvalue weighted by Gasteiger charge is 2.18. The highest BCUT2D eigenvalue weighted by atomic mass is 32.1. The van der Waals surface area contributed by atoms with Gasteiger partial charge in [0.15, 0.2) is 4.96 Å². The van der Waals surface area contributed by atoms with Crippen LogP contribution in [0.4, 0.5) is 0 Å². The van der Waals surface area contributed by atoms with Crippen molar-refractivity contribution in [2.24, 2.45) is 0 Å². The summed E-state index contributed by atoms with van der Waals surface area (Å²) >= 11 is 1.43. The molecule has 0 aliphatic heterocycles. The van der Waals surface area contributed by atoms with Crippen molar-refractivity contribution in [3.05, 3.63) is 64.7 Å². The van der Waals surface area contributed by atoms with E-state index in [1.165, 1.54) is 11.3 Å². The molecule has 0 radical (unpaired) electrons. The SMILES string of the molecule is COc1cccc(C(=O)OCC(=N)c2sc3nc4ccccc4n3c2C)c1. The van der Waals surface area contributed by atoms with Crippen molar-refractivity contribution in [2.75, 3.05) is 13.7 Å². The van der Waals surface area contributed by atoms with Gasteiger partial charge in [-0.2, -0.15) is 0 Å². The van der Waals surface area contributed by atoms with E-state index in [2.05, 4.69) is 4.98 Å². The van der Waals surface area contributed by atoms with Gasteiger partial charge in [-0.15, -0.1) is 0 Å². The van der Waals surface area contributed by atoms with Crippen LogP contribution in [0, 0.1) is 12.3 Å². The van der Waals surface area contributed by atoms with Gasteiger partial charge in [-0.1, -0.05) is 29.5 Å². The van der Waals surface area contributed by atoms with Gasteiger partial charge in [0.1, 0.15) is 12.4 Å². The monoisotopic (exact) mass is 379 g/mol. The zero-order chi connectivity index (χ0) is 19.0. The van der Waals surface area contributed by atoms with Crippen molar-refractivity contribution in [1.29, 1.82) is 5.41 Å². The van der Waals surface area contributed by atoms with E-state index in [0.717, 1.165) is 26.6 Å². The fourth-order valence-corrected chi connectivity index (χ4v) is 4.05. The van der Waals surface area contributed by atoms with E-state index in [9.17, 15) is 4.79 Å². The van der Waals surface area contributed by atoms with Crippen LogP contribution in [0.1, 0.15) is 20.9 Å². The Morgan fingerprint density at radius 2 is 2.04 bits per heavy atom. The topological polar surface area (TPSA) is 76.7 Å². The highest BCUT2D eigenvalue weighted by molar-refractivity contribution is 7.19. The maximum Gasteiger partial charge on any atom is 0.338 e. The van der Waals surface area contributed by atoms with Crippen LogP contribution in [0.15, 0.2) is 48.5 Å². The first-order valence-corrected chi connectivity index (χ1v) is 9.15. The summed E-state index contributed by atoms with van der Waals surface area (Å²) in [7, 11) is 1.54. The maximum absolute atomic E-state index is 12.2. The van der Waals surface area contributed by atoms with Gasteiger partial charge in [-0.3, -0.25) is 4.40 Å². The average molecular weight is 379 g/mol. The first kappa shape index (κ1) is 17.2. The number of para-hydroxylation sites is 2. The van der Waals surface area contributed by atoms with Crippen LogP contribution in [0.2, 0.25) is 0 Å². The first-order chi connectivity index (χ1) is 13.1. The van der Waals surface area contributed by atoms with E-state index >= 15 is 0 Å². The highest BCUT2D eigenvalue weighted by Crippen LogP contribution is 2.28. The third kappa shape index (κ3) is 3.06. The Balaban J connectivity index is 1.54. The molecular weight excluding hydrogens is 362 g/mol. The summed E-state index contributed by atoms with van der Waals surface area (Å²) in [4.78, 5) is 18.4. The first-order valence-electron chi connectivity index (χ1n) is 8.34. The molecule has 4 rings (SSSR count). The van der Waals surface area contributed by atoms with Crippen LogP contribution in [-0.4, -0.2) is 34.8 Å². The number of imidazole rings is 1. The molecule has 0 aliphatic rings. The molecule has 1 N–H and O–H groups in total. The number of carbonyl (C=O) groups excluding carboxylic acids is 1. The second-order valence-corrected chi connectivity index (χ2v) is 7.00. The predicted molar refractivity (Wildman–Crippen MR) is 105 cm³/mol. The Kier molecular flexibility index (Phi) is 4.37. The van der Waals surface area contributed by atoms with Crippen molar-refractivity contribution < 1.29 is 14.3 Å². The normalized spacial score (nSPS) is 11.0. The van der Waals surface area contributed by atoms with Crippen LogP contribution in [0.25, 0.3) is 16.0 Å². The summed E-state index contributed by atoms with van der Waals surface area (Å²) in [5.74, 6) is 0.102. The lowest BCUT2D eigenvalue weighted by atomic mass is 10.2. The molecule has 2 heterocycles. The fourth-order valence-electron chi connectivity index (χ4n) is 2.98. The van der Waals surface area contributed by atoms with Gasteiger partial charge < -0.3 is 14.9 Å². The molecule has 7 heteroatoms. The Morgan fingerprint density at radius 1 is 1.22 bits per heavy atom. The lowest BCUT2D eigenvalue weighted by Crippen LogP contribution is -2.14. The van der Waals surface area contributed by atoms with E-state index in [4.69, 9.17) is 14.9 Å². The molecule has 6 nitrogen and oxygen atoms in total. The molecule has 0 saturated carbocycles. The number of nitrogens with zero attached hydrogens (tertiary/aromatic N) is 2. The van der Waals surface area contributed by atoms with E-state index in [-0.39, 0.29) is 12.3 Å². The molecule has 0 saturated heterocycles. The van der Waals surface area contributed by atoms with Gasteiger partial charge in [0.2, 0.25) is 0 Å². The minimum Gasteiger partial charge on any atom is -0.497 e. The molecule has 2 aromatic carbocycles. The standard InChI is InChI=1S/C20H17N3O3S/c1-12-18(27-20-22-16-8-3-4-9-17(16)23(12)20)15(21)11-26-19(24)13-6-5-7-14(10-13)25-2/h3-10,21H,11H2,1-2H3. The van der Waals surface area contributed by atoms with Gasteiger partial charge in [0.05, 0.1) is 34.3 Å². The number of hydrogen-bond donors (Lipinski definition) is 1. The molecule has 0 amide bonds. The smallest absolute Gasteiger partial charge is 0.338 e. The van der Waals surface area contributed by atoms with Crippen LogP contribution in [0.3, 0.4) is 0 Å². The molecule has 4 aromatic rings. The summed E-state index contributed by atoms with van der Waals surface area (Å²) in [6.07, 6.45) is 0. The zero-order valence-corrected chi connectivity index (χ0v) is 15.7. The number of thiazole rings is 1. The van der Waals surface area contributed by atoms with Crippen molar-refractivity contribution in [3.63, 3.8) is 0 Å². The Hall–Kier alpha value is -3.19. The summed E-state index contributed by atoms with van der Waals surface area (Å²) in [5, 5.41) is 8.35. The average Bonchev–Trinajstić information content (AvgIpc) is 3.22. The minimum atomic E-state index is -0.483. The molecule has 0 aliphatic carbocycles. The second-order valence-electron chi connectivity index (χ2n) is 6.02. The van der Waals surface area contributed by atoms with E-state index < -0.39 is 5.97 Å². The number of esters is 1. The molecule has 0 spiro atoms. The summed E-state index contributed by atoms with van der Waals surface area (Å²) in [6, 6.07) is 14.6. The van der Waals surface area contributed by atoms with Gasteiger partial charge >= 0.3 is 5.97 Å². The van der Waals surface area contributed by atoms with Crippen LogP contribution in [-0.2, 0) is 4.74 Å². The van der Waals surface area contributed by atoms with Crippen LogP contribution < -0.4 is 4.74 Å². The number of carbonyl (C=O) groups is 1. The number of rotatable bonds is 5. The zero-order valence-electron chi connectivity index (χ0n) is 14.9. The van der Waals surface area contributed by atoms with Crippen LogP contribution in [0.5, 0.6) is 5.75 Å². The molecule has 0 atom stereocenters. The fraction of sp³-hybridized carbons (Fsp3) is 0.150. The van der Waals surface area contributed by atoms with E-state index in [0.29, 0.717) is 11.3 Å². The molecule has 0 unspecified atom stereocenters. The number of ether oxygens (including phenoxy) is 2. The molecular formula is C20H17N3O3S. The van der Waals surface area contributed by atoms with Gasteiger partial charge in [0, 0.05) is 5.69 Å². The summed E-state index contributed by atoms with van der Waals surface area (Å²) < 4.78 is 12.5. The molecule has 27 heavy (non-hydrogen) atoms. The number of nitrogens with one attached hydrogen (secondary N) is 1. The predicted octanol–water partition coefficient (Wildman–Crippen LogP) is 4.09. The Bertz CT molecular complexity index is 1180. The number of aromatic nitrogens is 2. The van der Waals surface area contributed by atoms with Crippen molar-refractivity contribution in [3.8, 4) is 5.75 Å². The van der Waals surface area contributed by atoms with Crippen molar-refractivity contribution in [1.82, 2.24) is 9.38 Å². The summed E-state index contributed by atoms with van der Waals surface area (Å²) in [5.41, 5.74) is 3.50. The Labute approximate surface area is 159 Å². The minimum absolute atomic E-state index is 0.0987. The number of benzene rings is 2. The number of hydrogen-bond acceptors (Lipinski definition) is 6. The number of aryl methyl sites for hydroxylation is 1. The van der Waals surface area contributed by atoms with Gasteiger partial charge in [-0.25, -0.2) is 9.78 Å². The summed E-state index contributed by atoms with van der Waals surface area (Å²) in [6.45, 7) is 1.85. The van der Waals surface area contributed by atoms with Crippen LogP contribution >= 0.6 is 11.3 Å². The lowest BCUT2D eigenvalue weighted by molar-refractivity contribution is 0.0563. The largest absolute Gasteiger partial charge is 0.497 e. The number of fused-ring (bicyclic) bond motifs is 3. The molecule has 2 aromatic heterocycles. The van der Waals surface area contributed by atoms with Crippen molar-refractivity contribution in [2.45, 2.75) is 6.92 Å². The van der Waals surface area contributed by atoms with Gasteiger partial charge in [0.25, 0.3) is 0 Å². The molecule has 0 fully saturated rings. The number of methoxy groups -OCH3 is 1. The lowest BCUT2D eigenvalue weighted by Gasteiger charge is -2.07. The van der Waals surface area contributed by atoms with Gasteiger partial charge in [-0.05, 0) is 37.3 Å². The van der Waals surface area contributed by atoms with E-state index in [1.807, 2.05) is 35.6 Å². The maximum atomic E-state index is 12.2. The Morgan fingerprint density at radius 3 is 2.85 bits per heavy atom. The molecule has 0 bridgehead atoms.